The smallest absolute Gasteiger partial charge is 0.160 e. The Morgan fingerprint density at radius 3 is 3.00 bits per heavy atom. The lowest BCUT2D eigenvalue weighted by molar-refractivity contribution is -0.0222. The third kappa shape index (κ3) is 1.60. The lowest BCUT2D eigenvalue weighted by atomic mass is 9.69. The first-order valence-electron chi connectivity index (χ1n) is 8.70. The number of phenols is 1. The Morgan fingerprint density at radius 1 is 1.33 bits per heavy atom. The van der Waals surface area contributed by atoms with E-state index in [1.807, 2.05) is 12.1 Å². The van der Waals surface area contributed by atoms with Crippen molar-refractivity contribution in [1.82, 2.24) is 4.90 Å². The van der Waals surface area contributed by atoms with Gasteiger partial charge in [0.2, 0.25) is 0 Å². The van der Waals surface area contributed by atoms with Crippen molar-refractivity contribution in [3.8, 4) is 11.5 Å². The second-order valence-corrected chi connectivity index (χ2v) is 7.33. The first-order valence-corrected chi connectivity index (χ1v) is 8.70. The molecule has 5 nitrogen and oxygen atoms in total. The van der Waals surface area contributed by atoms with Crippen molar-refractivity contribution in [3.63, 3.8) is 0 Å². The summed E-state index contributed by atoms with van der Waals surface area (Å²) in [6.45, 7) is 2.01. The summed E-state index contributed by atoms with van der Waals surface area (Å²) in [5.74, 6) is 0.754. The standard InChI is InChI=1S/C19H23NO4/c1-22-13-5-6-19-17(24-19)11-20-7-3-4-12-8-15(21)16(23-2)9-14(12)18(19,20)10-13/h5-6,8-9,13,17,21H,3-4,7,10-11H2,1-2H3. The maximum absolute atomic E-state index is 10.3. The SMILES string of the molecule is COc1cc2c(cc1O)CCCN1CC3OC34C=CC(OC)CC214. The highest BCUT2D eigenvalue weighted by Gasteiger charge is 2.77. The highest BCUT2D eigenvalue weighted by atomic mass is 16.6. The summed E-state index contributed by atoms with van der Waals surface area (Å²) in [4.78, 5) is 2.58. The van der Waals surface area contributed by atoms with E-state index in [9.17, 15) is 5.11 Å². The van der Waals surface area contributed by atoms with Crippen molar-refractivity contribution in [1.29, 1.82) is 0 Å². The Hall–Kier alpha value is -1.56. The van der Waals surface area contributed by atoms with Crippen LogP contribution in [0, 0.1) is 0 Å². The second-order valence-electron chi connectivity index (χ2n) is 7.33. The summed E-state index contributed by atoms with van der Waals surface area (Å²) in [6, 6.07) is 3.91. The molecule has 1 aliphatic carbocycles. The molecule has 5 rings (SSSR count). The Balaban J connectivity index is 1.76. The lowest BCUT2D eigenvalue weighted by Crippen LogP contribution is -2.54. The van der Waals surface area contributed by atoms with E-state index >= 15 is 0 Å². The predicted molar refractivity (Wildman–Crippen MR) is 88.4 cm³/mol. The molecule has 0 amide bonds. The zero-order valence-corrected chi connectivity index (χ0v) is 14.1. The number of epoxide rings is 1. The largest absolute Gasteiger partial charge is 0.504 e. The quantitative estimate of drug-likeness (QED) is 0.664. The zero-order valence-electron chi connectivity index (χ0n) is 14.1. The average Bonchev–Trinajstić information content (AvgIpc) is 3.25. The van der Waals surface area contributed by atoms with Crippen LogP contribution in [0.5, 0.6) is 11.5 Å². The third-order valence-electron chi connectivity index (χ3n) is 6.41. The fraction of sp³-hybridized carbons (Fsp3) is 0.579. The van der Waals surface area contributed by atoms with Crippen LogP contribution in [-0.4, -0.2) is 55.1 Å². The van der Waals surface area contributed by atoms with Crippen LogP contribution in [0.2, 0.25) is 0 Å². The van der Waals surface area contributed by atoms with Crippen LogP contribution in [0.4, 0.5) is 0 Å². The van der Waals surface area contributed by atoms with Gasteiger partial charge in [-0.1, -0.05) is 6.08 Å². The molecule has 4 atom stereocenters. The van der Waals surface area contributed by atoms with Crippen molar-refractivity contribution in [2.45, 2.75) is 42.6 Å². The minimum absolute atomic E-state index is 0.0758. The Bertz CT molecular complexity index is 732. The molecule has 1 aromatic carbocycles. The number of aryl methyl sites for hydroxylation is 1. The van der Waals surface area contributed by atoms with Crippen LogP contribution in [0.3, 0.4) is 0 Å². The Morgan fingerprint density at radius 2 is 2.21 bits per heavy atom. The highest BCUT2D eigenvalue weighted by Crippen LogP contribution is 2.65. The molecule has 5 heteroatoms. The van der Waals surface area contributed by atoms with Gasteiger partial charge in [-0.3, -0.25) is 4.90 Å². The maximum atomic E-state index is 10.3. The van der Waals surface area contributed by atoms with Crippen molar-refractivity contribution < 1.29 is 19.3 Å². The molecular weight excluding hydrogens is 306 g/mol. The van der Waals surface area contributed by atoms with Crippen molar-refractivity contribution in [2.75, 3.05) is 27.3 Å². The van der Waals surface area contributed by atoms with E-state index in [1.165, 1.54) is 11.1 Å². The van der Waals surface area contributed by atoms with Gasteiger partial charge in [0.15, 0.2) is 11.5 Å². The molecule has 2 spiro atoms. The van der Waals surface area contributed by atoms with Crippen LogP contribution < -0.4 is 4.74 Å². The minimum atomic E-state index is -0.247. The Kier molecular flexibility index (Phi) is 2.92. The van der Waals surface area contributed by atoms with Gasteiger partial charge in [-0.25, -0.2) is 0 Å². The van der Waals surface area contributed by atoms with E-state index in [0.717, 1.165) is 32.4 Å². The monoisotopic (exact) mass is 329 g/mol. The predicted octanol–water partition coefficient (Wildman–Crippen LogP) is 1.97. The summed E-state index contributed by atoms with van der Waals surface area (Å²) < 4.78 is 17.3. The van der Waals surface area contributed by atoms with Crippen molar-refractivity contribution in [3.05, 3.63) is 35.4 Å². The molecule has 3 heterocycles. The summed E-state index contributed by atoms with van der Waals surface area (Å²) >= 11 is 0. The van der Waals surface area contributed by atoms with Crippen LogP contribution >= 0.6 is 0 Å². The number of methoxy groups -OCH3 is 2. The molecule has 128 valence electrons. The molecule has 4 aliphatic rings. The van der Waals surface area contributed by atoms with E-state index in [4.69, 9.17) is 14.2 Å². The van der Waals surface area contributed by atoms with Crippen LogP contribution in [0.1, 0.15) is 24.0 Å². The number of benzene rings is 1. The lowest BCUT2D eigenvalue weighted by Gasteiger charge is -2.47. The molecule has 2 saturated heterocycles. The number of morpholine rings is 1. The zero-order chi connectivity index (χ0) is 16.5. The second kappa shape index (κ2) is 4.75. The van der Waals surface area contributed by atoms with Gasteiger partial charge in [-0.05, 0) is 48.7 Å². The summed E-state index contributed by atoms with van der Waals surface area (Å²) in [5.41, 5.74) is 1.97. The number of ether oxygens (including phenoxy) is 3. The fourth-order valence-corrected chi connectivity index (χ4v) is 5.29. The number of nitrogens with zero attached hydrogens (tertiary/aromatic N) is 1. The molecule has 0 aromatic heterocycles. The summed E-state index contributed by atoms with van der Waals surface area (Å²) in [6.07, 6.45) is 7.64. The minimum Gasteiger partial charge on any atom is -0.504 e. The summed E-state index contributed by atoms with van der Waals surface area (Å²) in [5, 5.41) is 10.3. The Labute approximate surface area is 141 Å². The van der Waals surface area contributed by atoms with Gasteiger partial charge >= 0.3 is 0 Å². The van der Waals surface area contributed by atoms with E-state index in [1.54, 1.807) is 14.2 Å². The van der Waals surface area contributed by atoms with Crippen molar-refractivity contribution in [2.24, 2.45) is 0 Å². The molecule has 1 N–H and O–H groups in total. The molecule has 1 aromatic rings. The molecule has 24 heavy (non-hydrogen) atoms. The van der Waals surface area contributed by atoms with E-state index in [2.05, 4.69) is 17.1 Å². The fourth-order valence-electron chi connectivity index (χ4n) is 5.29. The van der Waals surface area contributed by atoms with E-state index in [-0.39, 0.29) is 29.1 Å². The molecule has 4 unspecified atom stereocenters. The molecular formula is C19H23NO4. The number of phenolic OH excluding ortho intramolecular Hbond substituents is 1. The molecule has 0 saturated carbocycles. The normalized spacial score (nSPS) is 39.4. The third-order valence-corrected chi connectivity index (χ3v) is 6.41. The van der Waals surface area contributed by atoms with Crippen LogP contribution in [0.15, 0.2) is 24.3 Å². The molecule has 2 fully saturated rings. The number of aromatic hydroxyl groups is 1. The van der Waals surface area contributed by atoms with Gasteiger partial charge < -0.3 is 19.3 Å². The summed E-state index contributed by atoms with van der Waals surface area (Å²) in [7, 11) is 3.37. The molecule has 0 radical (unpaired) electrons. The van der Waals surface area contributed by atoms with Gasteiger partial charge in [0.05, 0.1) is 18.8 Å². The van der Waals surface area contributed by atoms with Gasteiger partial charge in [0.25, 0.3) is 0 Å². The molecule has 3 aliphatic heterocycles. The number of rotatable bonds is 2. The average molecular weight is 329 g/mol. The highest BCUT2D eigenvalue weighted by molar-refractivity contribution is 5.55. The number of hydrogen-bond acceptors (Lipinski definition) is 5. The van der Waals surface area contributed by atoms with E-state index in [0.29, 0.717) is 5.75 Å². The van der Waals surface area contributed by atoms with Gasteiger partial charge in [-0.2, -0.15) is 0 Å². The van der Waals surface area contributed by atoms with Gasteiger partial charge in [0.1, 0.15) is 11.7 Å². The molecule has 0 bridgehead atoms. The van der Waals surface area contributed by atoms with Crippen LogP contribution in [-0.2, 0) is 21.4 Å². The topological polar surface area (TPSA) is 54.5 Å². The van der Waals surface area contributed by atoms with Gasteiger partial charge in [-0.15, -0.1) is 0 Å². The first kappa shape index (κ1) is 14.8. The first-order chi connectivity index (χ1) is 11.6. The maximum Gasteiger partial charge on any atom is 0.160 e. The number of hydrogen-bond donors (Lipinski definition) is 1. The van der Waals surface area contributed by atoms with Crippen LogP contribution in [0.25, 0.3) is 0 Å². The number of fused-ring (bicyclic) bond motifs is 1. The van der Waals surface area contributed by atoms with Gasteiger partial charge in [0, 0.05) is 20.1 Å². The van der Waals surface area contributed by atoms with Crippen molar-refractivity contribution >= 4 is 0 Å². The van der Waals surface area contributed by atoms with E-state index < -0.39 is 0 Å².